The van der Waals surface area contributed by atoms with E-state index in [-0.39, 0.29) is 17.6 Å². The van der Waals surface area contributed by atoms with Crippen LogP contribution >= 0.6 is 0 Å². The summed E-state index contributed by atoms with van der Waals surface area (Å²) in [4.78, 5) is 11.1. The first-order valence-electron chi connectivity index (χ1n) is 5.07. The summed E-state index contributed by atoms with van der Waals surface area (Å²) < 4.78 is 36.8. The maximum absolute atomic E-state index is 12.3. The van der Waals surface area contributed by atoms with Crippen LogP contribution in [-0.2, 0) is 6.42 Å². The molecule has 7 heteroatoms. The number of alkyl halides is 3. The minimum absolute atomic E-state index is 0.141. The molecule has 2 N–H and O–H groups in total. The Morgan fingerprint density at radius 3 is 2.28 bits per heavy atom. The molecule has 2 rings (SSSR count). The highest BCUT2D eigenvalue weighted by atomic mass is 19.4. The molecule has 1 heterocycles. The topological polar surface area (TPSA) is 64.7 Å². The van der Waals surface area contributed by atoms with Gasteiger partial charge in [-0.1, -0.05) is 30.3 Å². The van der Waals surface area contributed by atoms with Gasteiger partial charge in [0.05, 0.1) is 0 Å². The SMILES string of the molecule is Nc1nc(CC(F)(F)F)nc(-c2ccccc2)n1. The van der Waals surface area contributed by atoms with Crippen molar-refractivity contribution in [2.45, 2.75) is 12.6 Å². The molecule has 1 aromatic heterocycles. The molecule has 0 spiro atoms. The van der Waals surface area contributed by atoms with Crippen LogP contribution in [-0.4, -0.2) is 21.1 Å². The zero-order valence-corrected chi connectivity index (χ0v) is 9.15. The van der Waals surface area contributed by atoms with E-state index in [0.29, 0.717) is 5.56 Å². The number of nitrogens with two attached hydrogens (primary N) is 1. The summed E-state index contributed by atoms with van der Waals surface area (Å²) in [6, 6.07) is 8.63. The van der Waals surface area contributed by atoms with E-state index in [1.54, 1.807) is 30.3 Å². The number of halogens is 3. The molecular formula is C11H9F3N4. The van der Waals surface area contributed by atoms with Gasteiger partial charge in [-0.3, -0.25) is 0 Å². The van der Waals surface area contributed by atoms with Gasteiger partial charge >= 0.3 is 6.18 Å². The molecule has 2 aromatic rings. The van der Waals surface area contributed by atoms with E-state index >= 15 is 0 Å². The normalized spacial score (nSPS) is 11.5. The number of aromatic nitrogens is 3. The Hall–Kier alpha value is -2.18. The van der Waals surface area contributed by atoms with Crippen molar-refractivity contribution in [1.82, 2.24) is 15.0 Å². The molecule has 0 aliphatic heterocycles. The summed E-state index contributed by atoms with van der Waals surface area (Å²) in [6.07, 6.45) is -5.60. The van der Waals surface area contributed by atoms with Crippen LogP contribution in [0.1, 0.15) is 5.82 Å². The predicted octanol–water partition coefficient (Wildman–Crippen LogP) is 2.23. The first kappa shape index (κ1) is 12.3. The van der Waals surface area contributed by atoms with Crippen molar-refractivity contribution in [3.63, 3.8) is 0 Å². The molecule has 0 aliphatic rings. The fourth-order valence-electron chi connectivity index (χ4n) is 1.41. The summed E-state index contributed by atoms with van der Waals surface area (Å²) >= 11 is 0. The Balaban J connectivity index is 2.39. The summed E-state index contributed by atoms with van der Waals surface area (Å²) in [6.45, 7) is 0. The lowest BCUT2D eigenvalue weighted by Crippen LogP contribution is -2.16. The van der Waals surface area contributed by atoms with Gasteiger partial charge in [0.1, 0.15) is 12.2 Å². The number of nitrogen functional groups attached to an aromatic ring is 1. The van der Waals surface area contributed by atoms with Gasteiger partial charge in [0.15, 0.2) is 5.82 Å². The molecule has 0 bridgehead atoms. The van der Waals surface area contributed by atoms with Crippen LogP contribution in [0, 0.1) is 0 Å². The zero-order chi connectivity index (χ0) is 13.2. The molecular weight excluding hydrogens is 245 g/mol. The molecule has 0 unspecified atom stereocenters. The van der Waals surface area contributed by atoms with Crippen LogP contribution in [0.2, 0.25) is 0 Å². The lowest BCUT2D eigenvalue weighted by molar-refractivity contribution is -0.128. The van der Waals surface area contributed by atoms with E-state index in [1.807, 2.05) is 0 Å². The highest BCUT2D eigenvalue weighted by Crippen LogP contribution is 2.21. The van der Waals surface area contributed by atoms with Crippen LogP contribution in [0.15, 0.2) is 30.3 Å². The van der Waals surface area contributed by atoms with Crippen LogP contribution < -0.4 is 5.73 Å². The van der Waals surface area contributed by atoms with Gasteiger partial charge in [0.2, 0.25) is 5.95 Å². The Kier molecular flexibility index (Phi) is 3.14. The third-order valence-electron chi connectivity index (χ3n) is 2.09. The number of anilines is 1. The Morgan fingerprint density at radius 1 is 1.00 bits per heavy atom. The highest BCUT2D eigenvalue weighted by Gasteiger charge is 2.29. The second-order valence-electron chi connectivity index (χ2n) is 3.59. The standard InChI is InChI=1S/C11H9F3N4/c12-11(13,14)6-8-16-9(18-10(15)17-8)7-4-2-1-3-5-7/h1-5H,6H2,(H2,15,16,17,18). The third kappa shape index (κ3) is 3.16. The van der Waals surface area contributed by atoms with Gasteiger partial charge in [0.25, 0.3) is 0 Å². The summed E-state index contributed by atoms with van der Waals surface area (Å²) in [5.41, 5.74) is 5.98. The van der Waals surface area contributed by atoms with Crippen molar-refractivity contribution in [2.75, 3.05) is 5.73 Å². The largest absolute Gasteiger partial charge is 0.396 e. The highest BCUT2D eigenvalue weighted by molar-refractivity contribution is 5.55. The molecule has 0 atom stereocenters. The van der Waals surface area contributed by atoms with E-state index < -0.39 is 12.6 Å². The van der Waals surface area contributed by atoms with E-state index in [1.165, 1.54) is 0 Å². The number of rotatable bonds is 2. The average molecular weight is 254 g/mol. The monoisotopic (exact) mass is 254 g/mol. The second-order valence-corrected chi connectivity index (χ2v) is 3.59. The number of benzene rings is 1. The lowest BCUT2D eigenvalue weighted by atomic mass is 10.2. The van der Waals surface area contributed by atoms with Crippen molar-refractivity contribution in [2.24, 2.45) is 0 Å². The van der Waals surface area contributed by atoms with Gasteiger partial charge in [0, 0.05) is 5.56 Å². The van der Waals surface area contributed by atoms with Gasteiger partial charge in [-0.2, -0.15) is 23.1 Å². The summed E-state index contributed by atoms with van der Waals surface area (Å²) in [5.74, 6) is -0.459. The fourth-order valence-corrected chi connectivity index (χ4v) is 1.41. The van der Waals surface area contributed by atoms with Crippen LogP contribution in [0.5, 0.6) is 0 Å². The maximum Gasteiger partial charge on any atom is 0.396 e. The molecule has 0 saturated carbocycles. The summed E-state index contributed by atoms with van der Waals surface area (Å²) in [5, 5.41) is 0. The number of hydrogen-bond donors (Lipinski definition) is 1. The van der Waals surface area contributed by atoms with Gasteiger partial charge in [-0.15, -0.1) is 0 Å². The van der Waals surface area contributed by atoms with Crippen LogP contribution in [0.25, 0.3) is 11.4 Å². The Bertz CT molecular complexity index is 540. The zero-order valence-electron chi connectivity index (χ0n) is 9.15. The smallest absolute Gasteiger partial charge is 0.368 e. The molecule has 94 valence electrons. The fraction of sp³-hybridized carbons (Fsp3) is 0.182. The number of nitrogens with zero attached hydrogens (tertiary/aromatic N) is 3. The summed E-state index contributed by atoms with van der Waals surface area (Å²) in [7, 11) is 0. The second kappa shape index (κ2) is 4.59. The third-order valence-corrected chi connectivity index (χ3v) is 2.09. The lowest BCUT2D eigenvalue weighted by Gasteiger charge is -2.07. The van der Waals surface area contributed by atoms with Gasteiger partial charge < -0.3 is 5.73 Å². The van der Waals surface area contributed by atoms with Crippen LogP contribution in [0.3, 0.4) is 0 Å². The van der Waals surface area contributed by atoms with Crippen molar-refractivity contribution in [1.29, 1.82) is 0 Å². The van der Waals surface area contributed by atoms with E-state index in [2.05, 4.69) is 15.0 Å². The van der Waals surface area contributed by atoms with Gasteiger partial charge in [-0.25, -0.2) is 4.98 Å². The minimum Gasteiger partial charge on any atom is -0.368 e. The maximum atomic E-state index is 12.3. The van der Waals surface area contributed by atoms with Crippen molar-refractivity contribution < 1.29 is 13.2 Å². The molecule has 0 amide bonds. The average Bonchev–Trinajstić information content (AvgIpc) is 2.27. The van der Waals surface area contributed by atoms with Crippen molar-refractivity contribution in [3.05, 3.63) is 36.2 Å². The molecule has 18 heavy (non-hydrogen) atoms. The van der Waals surface area contributed by atoms with Crippen LogP contribution in [0.4, 0.5) is 19.1 Å². The quantitative estimate of drug-likeness (QED) is 0.892. The molecule has 0 radical (unpaired) electrons. The van der Waals surface area contributed by atoms with Crippen molar-refractivity contribution >= 4 is 5.95 Å². The molecule has 0 fully saturated rings. The molecule has 4 nitrogen and oxygen atoms in total. The molecule has 0 saturated heterocycles. The molecule has 0 aliphatic carbocycles. The molecule has 1 aromatic carbocycles. The van der Waals surface area contributed by atoms with Gasteiger partial charge in [-0.05, 0) is 0 Å². The predicted molar refractivity (Wildman–Crippen MR) is 59.4 cm³/mol. The van der Waals surface area contributed by atoms with E-state index in [4.69, 9.17) is 5.73 Å². The first-order valence-corrected chi connectivity index (χ1v) is 5.07. The Morgan fingerprint density at radius 2 is 1.67 bits per heavy atom. The van der Waals surface area contributed by atoms with E-state index in [9.17, 15) is 13.2 Å². The minimum atomic E-state index is -4.37. The Labute approximate surface area is 101 Å². The number of hydrogen-bond acceptors (Lipinski definition) is 4. The first-order chi connectivity index (χ1) is 8.44. The van der Waals surface area contributed by atoms with Crippen molar-refractivity contribution in [3.8, 4) is 11.4 Å². The van der Waals surface area contributed by atoms with E-state index in [0.717, 1.165) is 0 Å².